The van der Waals surface area contributed by atoms with E-state index in [0.717, 1.165) is 23.1 Å². The van der Waals surface area contributed by atoms with Crippen LogP contribution in [-0.2, 0) is 26.5 Å². The van der Waals surface area contributed by atoms with Crippen molar-refractivity contribution in [3.8, 4) is 6.07 Å². The van der Waals surface area contributed by atoms with Crippen LogP contribution in [0.5, 0.6) is 0 Å². The van der Waals surface area contributed by atoms with Gasteiger partial charge in [-0.15, -0.1) is 11.8 Å². The first kappa shape index (κ1) is 20.7. The number of thioether (sulfide) groups is 1. The Balaban J connectivity index is 2.02. The maximum absolute atomic E-state index is 12.8. The average molecular weight is 407 g/mol. The summed E-state index contributed by atoms with van der Waals surface area (Å²) in [6.45, 7) is 2.05. The molecule has 0 aliphatic carbocycles. The van der Waals surface area contributed by atoms with E-state index in [1.165, 1.54) is 18.9 Å². The lowest BCUT2D eigenvalue weighted by molar-refractivity contribution is -0.150. The number of carbonyl (C=O) groups is 2. The zero-order chi connectivity index (χ0) is 20.8. The molecule has 0 spiro atoms. The third-order valence-electron chi connectivity index (χ3n) is 4.96. The summed E-state index contributed by atoms with van der Waals surface area (Å²) in [6, 6.07) is 19.7. The van der Waals surface area contributed by atoms with Gasteiger partial charge in [0.1, 0.15) is 5.92 Å². The highest BCUT2D eigenvalue weighted by Crippen LogP contribution is 2.40. The van der Waals surface area contributed by atoms with Gasteiger partial charge in [-0.3, -0.25) is 9.59 Å². The average Bonchev–Trinajstić information content (AvgIpc) is 2.77. The number of carbonyl (C=O) groups excluding carboxylic acids is 2. The number of hydrogen-bond acceptors (Lipinski definition) is 5. The zero-order valence-electron chi connectivity index (χ0n) is 16.3. The van der Waals surface area contributed by atoms with Gasteiger partial charge in [0.2, 0.25) is 5.91 Å². The van der Waals surface area contributed by atoms with Crippen LogP contribution < -0.4 is 5.32 Å². The lowest BCUT2D eigenvalue weighted by Crippen LogP contribution is -2.44. The van der Waals surface area contributed by atoms with Gasteiger partial charge >= 0.3 is 5.97 Å². The number of rotatable bonds is 6. The number of allylic oxidation sites excluding steroid dienone is 1. The number of hydrogen-bond donors (Lipinski definition) is 1. The molecule has 0 saturated carbocycles. The summed E-state index contributed by atoms with van der Waals surface area (Å²) in [5.74, 6) is -2.26. The molecule has 0 unspecified atom stereocenters. The van der Waals surface area contributed by atoms with Crippen molar-refractivity contribution >= 4 is 23.6 Å². The lowest BCUT2D eigenvalue weighted by atomic mass is 9.78. The van der Waals surface area contributed by atoms with E-state index >= 15 is 0 Å². The highest BCUT2D eigenvalue weighted by atomic mass is 32.2. The van der Waals surface area contributed by atoms with Crippen LogP contribution >= 0.6 is 11.8 Å². The standard InChI is InChI=1S/C23H22N2O3S/c1-3-15-9-11-17(12-10-15)19-18(13-24)22(25-21(26)20(19)23(27)28-2)29-14-16-7-5-4-6-8-16/h4-12,19-20H,3,14H2,1-2H3,(H,25,26)/t19-,20-/m0/s1. The van der Waals surface area contributed by atoms with E-state index in [2.05, 4.69) is 18.3 Å². The highest BCUT2D eigenvalue weighted by Gasteiger charge is 2.44. The Bertz CT molecular complexity index is 962. The molecule has 0 bridgehead atoms. The van der Waals surface area contributed by atoms with Crippen LogP contribution in [0.4, 0.5) is 0 Å². The van der Waals surface area contributed by atoms with Crippen LogP contribution in [0.1, 0.15) is 29.5 Å². The summed E-state index contributed by atoms with van der Waals surface area (Å²) in [6.07, 6.45) is 0.880. The fourth-order valence-electron chi connectivity index (χ4n) is 3.37. The molecule has 1 N–H and O–H groups in total. The van der Waals surface area contributed by atoms with Crippen molar-refractivity contribution in [2.24, 2.45) is 5.92 Å². The van der Waals surface area contributed by atoms with E-state index in [1.54, 1.807) is 0 Å². The van der Waals surface area contributed by atoms with Gasteiger partial charge in [0.15, 0.2) is 0 Å². The fraction of sp³-hybridized carbons (Fsp3) is 0.261. The molecule has 0 fully saturated rings. The minimum atomic E-state index is -1.09. The third-order valence-corrected chi connectivity index (χ3v) is 6.05. The van der Waals surface area contributed by atoms with E-state index in [-0.39, 0.29) is 0 Å². The molecule has 3 rings (SSSR count). The molecule has 0 radical (unpaired) electrons. The van der Waals surface area contributed by atoms with Crippen molar-refractivity contribution in [3.05, 3.63) is 81.9 Å². The van der Waals surface area contributed by atoms with Gasteiger partial charge in [0, 0.05) is 11.7 Å². The molecule has 0 saturated heterocycles. The quantitative estimate of drug-likeness (QED) is 0.581. The summed E-state index contributed by atoms with van der Waals surface area (Å²) in [7, 11) is 1.25. The van der Waals surface area contributed by atoms with Gasteiger partial charge < -0.3 is 10.1 Å². The molecule has 1 amide bonds. The van der Waals surface area contributed by atoms with Gasteiger partial charge in [0.25, 0.3) is 0 Å². The SMILES string of the molecule is CCc1ccc([C@H]2C(C#N)=C(SCc3ccccc3)NC(=O)[C@H]2C(=O)OC)cc1. The normalized spacial score (nSPS) is 18.7. The summed E-state index contributed by atoms with van der Waals surface area (Å²) >= 11 is 1.39. The van der Waals surface area contributed by atoms with E-state index in [0.29, 0.717) is 16.4 Å². The Labute approximate surface area is 174 Å². The Morgan fingerprint density at radius 2 is 1.83 bits per heavy atom. The molecular formula is C23H22N2O3S. The molecule has 148 valence electrons. The monoisotopic (exact) mass is 406 g/mol. The predicted octanol–water partition coefficient (Wildman–Crippen LogP) is 3.92. The Kier molecular flexibility index (Phi) is 6.73. The number of aryl methyl sites for hydroxylation is 1. The second kappa shape index (κ2) is 9.44. The predicted molar refractivity (Wildman–Crippen MR) is 113 cm³/mol. The second-order valence-corrected chi connectivity index (χ2v) is 7.68. The number of methoxy groups -OCH3 is 1. The van der Waals surface area contributed by atoms with Gasteiger partial charge in [-0.05, 0) is 23.1 Å². The molecule has 0 aromatic heterocycles. The van der Waals surface area contributed by atoms with Crippen LogP contribution in [0.15, 0.2) is 65.2 Å². The number of nitriles is 1. The molecule has 6 heteroatoms. The van der Waals surface area contributed by atoms with E-state index in [9.17, 15) is 14.9 Å². The first-order valence-electron chi connectivity index (χ1n) is 9.37. The number of nitrogens with zero attached hydrogens (tertiary/aromatic N) is 1. The minimum Gasteiger partial charge on any atom is -0.468 e. The number of amides is 1. The maximum Gasteiger partial charge on any atom is 0.319 e. The van der Waals surface area contributed by atoms with Gasteiger partial charge in [-0.25, -0.2) is 0 Å². The minimum absolute atomic E-state index is 0.380. The largest absolute Gasteiger partial charge is 0.468 e. The van der Waals surface area contributed by atoms with Crippen molar-refractivity contribution in [3.63, 3.8) is 0 Å². The van der Waals surface area contributed by atoms with Gasteiger partial charge in [-0.1, -0.05) is 61.5 Å². The smallest absolute Gasteiger partial charge is 0.319 e. The number of benzene rings is 2. The Morgan fingerprint density at radius 3 is 2.41 bits per heavy atom. The van der Waals surface area contributed by atoms with Crippen molar-refractivity contribution in [1.82, 2.24) is 5.32 Å². The molecule has 2 atom stereocenters. The van der Waals surface area contributed by atoms with Crippen LogP contribution in [-0.4, -0.2) is 19.0 Å². The summed E-state index contributed by atoms with van der Waals surface area (Å²) in [4.78, 5) is 25.2. The molecule has 1 aliphatic heterocycles. The van der Waals surface area contributed by atoms with Crippen molar-refractivity contribution in [2.75, 3.05) is 7.11 Å². The zero-order valence-corrected chi connectivity index (χ0v) is 17.2. The van der Waals surface area contributed by atoms with E-state index in [4.69, 9.17) is 4.74 Å². The Morgan fingerprint density at radius 1 is 1.14 bits per heavy atom. The van der Waals surface area contributed by atoms with Crippen LogP contribution in [0.25, 0.3) is 0 Å². The summed E-state index contributed by atoms with van der Waals surface area (Å²) < 4.78 is 4.88. The summed E-state index contributed by atoms with van der Waals surface area (Å²) in [5.41, 5.74) is 3.35. The van der Waals surface area contributed by atoms with Crippen LogP contribution in [0.3, 0.4) is 0 Å². The number of esters is 1. The molecular weight excluding hydrogens is 384 g/mol. The van der Waals surface area contributed by atoms with Crippen molar-refractivity contribution < 1.29 is 14.3 Å². The third kappa shape index (κ3) is 4.52. The number of nitrogens with one attached hydrogen (secondary N) is 1. The maximum atomic E-state index is 12.8. The van der Waals surface area contributed by atoms with E-state index < -0.39 is 23.7 Å². The molecule has 2 aromatic rings. The fourth-order valence-corrected chi connectivity index (χ4v) is 4.37. The molecule has 1 heterocycles. The van der Waals surface area contributed by atoms with Crippen LogP contribution in [0, 0.1) is 17.2 Å². The summed E-state index contributed by atoms with van der Waals surface area (Å²) in [5, 5.41) is 13.2. The van der Waals surface area contributed by atoms with Crippen molar-refractivity contribution in [2.45, 2.75) is 25.0 Å². The van der Waals surface area contributed by atoms with Gasteiger partial charge in [0.05, 0.1) is 23.8 Å². The first-order valence-corrected chi connectivity index (χ1v) is 10.4. The topological polar surface area (TPSA) is 79.2 Å². The molecule has 5 nitrogen and oxygen atoms in total. The lowest BCUT2D eigenvalue weighted by Gasteiger charge is -2.31. The van der Waals surface area contributed by atoms with Crippen LogP contribution in [0.2, 0.25) is 0 Å². The number of ether oxygens (including phenoxy) is 1. The Hall–Kier alpha value is -3.04. The highest BCUT2D eigenvalue weighted by molar-refractivity contribution is 8.02. The molecule has 2 aromatic carbocycles. The molecule has 29 heavy (non-hydrogen) atoms. The van der Waals surface area contributed by atoms with Gasteiger partial charge in [-0.2, -0.15) is 5.26 Å². The molecule has 1 aliphatic rings. The van der Waals surface area contributed by atoms with E-state index in [1.807, 2.05) is 54.6 Å². The first-order chi connectivity index (χ1) is 14.1. The van der Waals surface area contributed by atoms with Crippen molar-refractivity contribution in [1.29, 1.82) is 5.26 Å². The second-order valence-electron chi connectivity index (χ2n) is 6.69.